The molecule has 0 spiro atoms. The summed E-state index contributed by atoms with van der Waals surface area (Å²) in [6, 6.07) is 37.6. The molecule has 1 N–H and O–H groups in total. The van der Waals surface area contributed by atoms with Crippen molar-refractivity contribution in [1.82, 2.24) is 5.48 Å². The smallest absolute Gasteiger partial charge is 0.321 e. The van der Waals surface area contributed by atoms with Gasteiger partial charge in [-0.2, -0.15) is 0 Å². The van der Waals surface area contributed by atoms with Gasteiger partial charge in [0, 0.05) is 0 Å². The predicted octanol–water partition coefficient (Wildman–Crippen LogP) is 7.56. The molecule has 1 fully saturated rings. The lowest BCUT2D eigenvalue weighted by molar-refractivity contribution is -0.142. The summed E-state index contributed by atoms with van der Waals surface area (Å²) < 4.78 is 12.2. The first-order valence-corrected chi connectivity index (χ1v) is 13.8. The van der Waals surface area contributed by atoms with E-state index in [-0.39, 0.29) is 5.97 Å². The molecule has 4 aromatic rings. The van der Waals surface area contributed by atoms with Gasteiger partial charge in [0.15, 0.2) is 0 Å². The number of hydrogen-bond donors (Lipinski definition) is 1. The number of ether oxygens (including phenoxy) is 2. The molecule has 0 saturated heterocycles. The molecule has 0 atom stereocenters. The summed E-state index contributed by atoms with van der Waals surface area (Å²) >= 11 is 0. The molecule has 5 nitrogen and oxygen atoms in total. The van der Waals surface area contributed by atoms with E-state index in [1.165, 1.54) is 0 Å². The summed E-state index contributed by atoms with van der Waals surface area (Å²) in [5.74, 6) is 0.957. The summed E-state index contributed by atoms with van der Waals surface area (Å²) in [5.41, 5.74) is 7.72. The van der Waals surface area contributed by atoms with Crippen LogP contribution in [0, 0.1) is 6.92 Å². The Bertz CT molecular complexity index is 1390. The zero-order valence-electron chi connectivity index (χ0n) is 22.8. The lowest BCUT2D eigenvalue weighted by Gasteiger charge is -2.37. The summed E-state index contributed by atoms with van der Waals surface area (Å²) in [6.45, 7) is 2.88. The Hall–Kier alpha value is -4.35. The number of esters is 1. The molecule has 0 heterocycles. The highest BCUT2D eigenvalue weighted by Gasteiger charge is 2.44. The van der Waals surface area contributed by atoms with Crippen LogP contribution in [-0.2, 0) is 33.0 Å². The molecule has 1 saturated carbocycles. The van der Waals surface area contributed by atoms with Gasteiger partial charge in [-0.25, -0.2) is 5.48 Å². The number of allylic oxidation sites excluding steroid dienone is 1. The summed E-state index contributed by atoms with van der Waals surface area (Å²) in [4.78, 5) is 19.7. The predicted molar refractivity (Wildman–Crippen MR) is 156 cm³/mol. The Labute approximate surface area is 236 Å². The molecular formula is C35H35NO4. The first-order valence-electron chi connectivity index (χ1n) is 13.8. The van der Waals surface area contributed by atoms with E-state index in [1.807, 2.05) is 91.0 Å². The minimum Gasteiger partial charge on any atom is -0.473 e. The zero-order chi connectivity index (χ0) is 27.6. The lowest BCUT2D eigenvalue weighted by Crippen LogP contribution is -2.41. The molecule has 1 aliphatic rings. The van der Waals surface area contributed by atoms with Crippen molar-refractivity contribution in [1.29, 1.82) is 0 Å². The van der Waals surface area contributed by atoms with Gasteiger partial charge in [-0.15, -0.1) is 0 Å². The molecule has 5 heteroatoms. The number of nitrogens with one attached hydrogen (secondary N) is 1. The number of carbonyl (C=O) groups is 1. The first kappa shape index (κ1) is 27.2. The first-order chi connectivity index (χ1) is 19.6. The molecule has 0 unspecified atom stereocenters. The Morgan fingerprint density at radius 3 is 1.88 bits per heavy atom. The number of hydrogen-bond acceptors (Lipinski definition) is 5. The number of hydroxylamine groups is 1. The van der Waals surface area contributed by atoms with Gasteiger partial charge in [0.2, 0.25) is 5.88 Å². The molecule has 0 aliphatic heterocycles. The molecular weight excluding hydrogens is 498 g/mol. The topological polar surface area (TPSA) is 56.8 Å². The fraction of sp³-hybridized carbons (Fsp3) is 0.229. The molecule has 0 bridgehead atoms. The van der Waals surface area contributed by atoms with E-state index in [0.717, 1.165) is 27.8 Å². The van der Waals surface area contributed by atoms with E-state index in [1.54, 1.807) is 0 Å². The van der Waals surface area contributed by atoms with Crippen molar-refractivity contribution in [3.05, 3.63) is 149 Å². The van der Waals surface area contributed by atoms with Crippen LogP contribution in [0.5, 0.6) is 5.75 Å². The second kappa shape index (κ2) is 13.1. The molecule has 40 heavy (non-hydrogen) atoms. The van der Waals surface area contributed by atoms with E-state index >= 15 is 0 Å². The van der Waals surface area contributed by atoms with E-state index in [4.69, 9.17) is 14.3 Å². The van der Waals surface area contributed by atoms with Crippen molar-refractivity contribution in [3.63, 3.8) is 0 Å². The third kappa shape index (κ3) is 6.80. The Morgan fingerprint density at radius 1 is 0.725 bits per heavy atom. The van der Waals surface area contributed by atoms with Gasteiger partial charge in [-0.05, 0) is 67.0 Å². The largest absolute Gasteiger partial charge is 0.473 e. The number of aryl methyl sites for hydroxylation is 1. The second-order valence-electron chi connectivity index (χ2n) is 10.2. The monoisotopic (exact) mass is 533 g/mol. The second-order valence-corrected chi connectivity index (χ2v) is 10.2. The van der Waals surface area contributed by atoms with E-state index < -0.39 is 5.41 Å². The highest BCUT2D eigenvalue weighted by atomic mass is 16.7. The molecule has 0 amide bonds. The van der Waals surface area contributed by atoms with Gasteiger partial charge in [-0.3, -0.25) is 9.63 Å². The fourth-order valence-corrected chi connectivity index (χ4v) is 5.07. The van der Waals surface area contributed by atoms with Gasteiger partial charge in [0.05, 0.1) is 12.0 Å². The lowest BCUT2D eigenvalue weighted by atomic mass is 9.68. The average molecular weight is 534 g/mol. The van der Waals surface area contributed by atoms with Gasteiger partial charge in [0.1, 0.15) is 12.4 Å². The minimum absolute atomic E-state index is 0.221. The minimum atomic E-state index is -0.748. The molecule has 204 valence electrons. The summed E-state index contributed by atoms with van der Waals surface area (Å²) in [7, 11) is 0. The maximum absolute atomic E-state index is 13.8. The highest BCUT2D eigenvalue weighted by molar-refractivity contribution is 5.85. The number of benzene rings is 4. The van der Waals surface area contributed by atoms with Crippen LogP contribution in [0.2, 0.25) is 0 Å². The highest BCUT2D eigenvalue weighted by Crippen LogP contribution is 2.43. The van der Waals surface area contributed by atoms with Crippen LogP contribution in [0.4, 0.5) is 0 Å². The van der Waals surface area contributed by atoms with Crippen molar-refractivity contribution in [2.75, 3.05) is 0 Å². The third-order valence-electron chi connectivity index (χ3n) is 7.45. The maximum atomic E-state index is 13.8. The van der Waals surface area contributed by atoms with Crippen molar-refractivity contribution in [2.24, 2.45) is 0 Å². The van der Waals surface area contributed by atoms with Gasteiger partial charge >= 0.3 is 5.97 Å². The van der Waals surface area contributed by atoms with Crippen LogP contribution < -0.4 is 10.2 Å². The summed E-state index contributed by atoms with van der Waals surface area (Å²) in [6.07, 6.45) is 2.55. The van der Waals surface area contributed by atoms with Crippen molar-refractivity contribution >= 4 is 5.97 Å². The van der Waals surface area contributed by atoms with Gasteiger partial charge < -0.3 is 9.47 Å². The van der Waals surface area contributed by atoms with E-state index in [0.29, 0.717) is 50.5 Å². The van der Waals surface area contributed by atoms with Crippen LogP contribution in [0.1, 0.15) is 47.9 Å². The van der Waals surface area contributed by atoms with E-state index in [9.17, 15) is 4.79 Å². The van der Waals surface area contributed by atoms with Crippen LogP contribution in [0.3, 0.4) is 0 Å². The molecule has 0 aromatic heterocycles. The van der Waals surface area contributed by atoms with Crippen LogP contribution in [0.25, 0.3) is 0 Å². The zero-order valence-corrected chi connectivity index (χ0v) is 22.8. The molecule has 4 aromatic carbocycles. The molecule has 5 rings (SSSR count). The number of para-hydroxylation sites is 1. The van der Waals surface area contributed by atoms with Crippen molar-refractivity contribution in [2.45, 2.75) is 51.2 Å². The standard InChI is InChI=1S/C35H35NO4/c1-27-17-19-31(20-18-27)35(34(37)40-32-15-9-4-10-16-32)23-21-30(22-24-35)33(38-25-28-11-5-2-6-12-28)36-39-26-29-13-7-3-8-14-29/h2-20,36H,21-26H2,1H3. The Balaban J connectivity index is 1.37. The quantitative estimate of drug-likeness (QED) is 0.0986. The van der Waals surface area contributed by atoms with Crippen LogP contribution >= 0.6 is 0 Å². The molecule has 0 radical (unpaired) electrons. The number of carbonyl (C=O) groups excluding carboxylic acids is 1. The number of rotatable bonds is 10. The van der Waals surface area contributed by atoms with Crippen molar-refractivity contribution < 1.29 is 19.1 Å². The average Bonchev–Trinajstić information content (AvgIpc) is 3.01. The SMILES string of the molecule is Cc1ccc(C2(C(=O)Oc3ccccc3)CCC(=C(NOCc3ccccc3)OCc3ccccc3)CC2)cc1. The Kier molecular flexibility index (Phi) is 8.94. The maximum Gasteiger partial charge on any atom is 0.321 e. The van der Waals surface area contributed by atoms with Gasteiger partial charge in [0.25, 0.3) is 0 Å². The third-order valence-corrected chi connectivity index (χ3v) is 7.45. The van der Waals surface area contributed by atoms with Gasteiger partial charge in [-0.1, -0.05) is 109 Å². The Morgan fingerprint density at radius 2 is 1.27 bits per heavy atom. The normalized spacial score (nSPS) is 16.7. The fourth-order valence-electron chi connectivity index (χ4n) is 5.07. The van der Waals surface area contributed by atoms with Crippen molar-refractivity contribution in [3.8, 4) is 5.75 Å². The molecule has 1 aliphatic carbocycles. The van der Waals surface area contributed by atoms with Crippen LogP contribution in [0.15, 0.2) is 127 Å². The summed E-state index contributed by atoms with van der Waals surface area (Å²) in [5, 5.41) is 0. The van der Waals surface area contributed by atoms with Crippen LogP contribution in [-0.4, -0.2) is 5.97 Å². The van der Waals surface area contributed by atoms with E-state index in [2.05, 4.69) is 36.7 Å².